The number of nitrogens with zero attached hydrogens (tertiary/aromatic N) is 3. The first-order chi connectivity index (χ1) is 25.1. The monoisotopic (exact) mass is 680 g/mol. The number of benzene rings is 5. The molecule has 4 nitrogen and oxygen atoms in total. The molecule has 1 aromatic heterocycles. The lowest BCUT2D eigenvalue weighted by Crippen LogP contribution is -2.21. The van der Waals surface area contributed by atoms with E-state index in [1.54, 1.807) is 0 Å². The number of fused-ring (bicyclic) bond motifs is 6. The molecule has 0 bridgehead atoms. The fourth-order valence-electron chi connectivity index (χ4n) is 8.26. The van der Waals surface area contributed by atoms with Crippen molar-refractivity contribution in [2.24, 2.45) is 15.7 Å². The highest BCUT2D eigenvalue weighted by atomic mass is 32.2. The zero-order chi connectivity index (χ0) is 34.3. The van der Waals surface area contributed by atoms with Gasteiger partial charge in [0, 0.05) is 37.7 Å². The largest absolute Gasteiger partial charge is 0.383 e. The highest BCUT2D eigenvalue weighted by molar-refractivity contribution is 8.00. The number of aromatic nitrogens is 1. The van der Waals surface area contributed by atoms with Gasteiger partial charge in [-0.1, -0.05) is 128 Å². The van der Waals surface area contributed by atoms with Gasteiger partial charge < -0.3 is 10.3 Å². The molecule has 0 spiro atoms. The van der Waals surface area contributed by atoms with E-state index in [4.69, 9.17) is 15.7 Å². The molecule has 3 unspecified atom stereocenters. The van der Waals surface area contributed by atoms with E-state index in [2.05, 4.69) is 90.0 Å². The summed E-state index contributed by atoms with van der Waals surface area (Å²) in [6, 6.07) is 42.8. The molecule has 0 saturated heterocycles. The van der Waals surface area contributed by atoms with Gasteiger partial charge in [-0.05, 0) is 78.8 Å². The van der Waals surface area contributed by atoms with E-state index in [1.807, 2.05) is 72.4 Å². The number of hydrogen-bond donors (Lipinski definition) is 1. The quantitative estimate of drug-likeness (QED) is 0.141. The first kappa shape index (κ1) is 31.6. The summed E-state index contributed by atoms with van der Waals surface area (Å²) in [4.78, 5) is 11.3. The van der Waals surface area contributed by atoms with E-state index >= 15 is 0 Å². The van der Waals surface area contributed by atoms with Crippen LogP contribution in [0.1, 0.15) is 71.8 Å². The first-order valence-electron chi connectivity index (χ1n) is 18.0. The highest BCUT2D eigenvalue weighted by Gasteiger charge is 2.40. The number of amidine groups is 2. The molecule has 3 atom stereocenters. The van der Waals surface area contributed by atoms with E-state index < -0.39 is 0 Å². The van der Waals surface area contributed by atoms with E-state index in [1.165, 1.54) is 56.4 Å². The number of thioether (sulfide) groups is 1. The lowest BCUT2D eigenvalue weighted by atomic mass is 9.75. The Hall–Kier alpha value is -5.39. The summed E-state index contributed by atoms with van der Waals surface area (Å²) in [6.45, 7) is 4.34. The van der Waals surface area contributed by atoms with Crippen molar-refractivity contribution in [1.29, 1.82) is 0 Å². The predicted molar refractivity (Wildman–Crippen MR) is 217 cm³/mol. The van der Waals surface area contributed by atoms with Crippen LogP contribution in [-0.4, -0.2) is 21.5 Å². The smallest absolute Gasteiger partial charge is 0.163 e. The Labute approximate surface area is 303 Å². The molecule has 6 aromatic rings. The Morgan fingerprint density at radius 1 is 0.745 bits per heavy atom. The van der Waals surface area contributed by atoms with Gasteiger partial charge >= 0.3 is 0 Å². The van der Waals surface area contributed by atoms with Gasteiger partial charge in [0.25, 0.3) is 0 Å². The molecule has 2 N–H and O–H groups in total. The van der Waals surface area contributed by atoms with Crippen molar-refractivity contribution in [2.45, 2.75) is 54.1 Å². The number of nitrogens with two attached hydrogens (primary N) is 1. The molecule has 51 heavy (non-hydrogen) atoms. The van der Waals surface area contributed by atoms with E-state index in [0.29, 0.717) is 34.5 Å². The van der Waals surface area contributed by atoms with Crippen molar-refractivity contribution in [1.82, 2.24) is 4.57 Å². The number of aliphatic imine (C=N–C) groups is 2. The summed E-state index contributed by atoms with van der Waals surface area (Å²) < 4.78 is 2.48. The molecule has 1 saturated carbocycles. The third-order valence-corrected chi connectivity index (χ3v) is 12.3. The second-order valence-electron chi connectivity index (χ2n) is 13.8. The van der Waals surface area contributed by atoms with Gasteiger partial charge in [-0.25, -0.2) is 9.98 Å². The predicted octanol–water partition coefficient (Wildman–Crippen LogP) is 11.3. The van der Waals surface area contributed by atoms with E-state index in [9.17, 15) is 0 Å². The Morgan fingerprint density at radius 2 is 1.51 bits per heavy atom. The maximum atomic E-state index is 6.64. The number of allylic oxidation sites excluding steroid dienone is 4. The maximum Gasteiger partial charge on any atom is 0.163 e. The van der Waals surface area contributed by atoms with E-state index in [0.717, 1.165) is 36.0 Å². The molecular formula is C46H40N4S. The zero-order valence-electron chi connectivity index (χ0n) is 28.6. The Morgan fingerprint density at radius 3 is 2.31 bits per heavy atom. The van der Waals surface area contributed by atoms with Gasteiger partial charge in [-0.15, -0.1) is 11.8 Å². The van der Waals surface area contributed by atoms with Crippen molar-refractivity contribution in [2.75, 3.05) is 0 Å². The van der Waals surface area contributed by atoms with Crippen molar-refractivity contribution in [3.05, 3.63) is 174 Å². The minimum absolute atomic E-state index is 0.445. The van der Waals surface area contributed by atoms with Crippen LogP contribution in [0.25, 0.3) is 33.2 Å². The van der Waals surface area contributed by atoms with Crippen molar-refractivity contribution in [3.63, 3.8) is 0 Å². The lowest BCUT2D eigenvalue weighted by molar-refractivity contribution is 0.409. The normalized spacial score (nSPS) is 20.3. The Bertz CT molecular complexity index is 2410. The third-order valence-electron chi connectivity index (χ3n) is 10.8. The first-order valence-corrected chi connectivity index (χ1v) is 18.9. The summed E-state index contributed by atoms with van der Waals surface area (Å²) >= 11 is 2.01. The maximum absolute atomic E-state index is 6.64. The molecule has 5 heteroatoms. The average molecular weight is 681 g/mol. The van der Waals surface area contributed by atoms with Gasteiger partial charge in [0.2, 0.25) is 0 Å². The molecule has 2 aliphatic carbocycles. The molecule has 3 aliphatic rings. The van der Waals surface area contributed by atoms with Crippen LogP contribution in [0.3, 0.4) is 0 Å². The fraction of sp³-hybridized carbons (Fsp3) is 0.174. The van der Waals surface area contributed by atoms with Crippen LogP contribution in [0, 0.1) is 0 Å². The van der Waals surface area contributed by atoms with Crippen LogP contribution >= 0.6 is 11.8 Å². The van der Waals surface area contributed by atoms with Gasteiger partial charge in [-0.3, -0.25) is 0 Å². The molecular weight excluding hydrogens is 641 g/mol. The van der Waals surface area contributed by atoms with Gasteiger partial charge in [0.15, 0.2) is 5.84 Å². The third kappa shape index (κ3) is 5.86. The lowest BCUT2D eigenvalue weighted by Gasteiger charge is -2.32. The van der Waals surface area contributed by atoms with Crippen molar-refractivity contribution in [3.8, 4) is 0 Å². The Kier molecular flexibility index (Phi) is 8.29. The molecule has 5 aromatic carbocycles. The SMILES string of the molecule is C=C(N=C(N=C(N)c1ccccc1)c1cccc2c1SC1CCC(c3ccc4c5ccccc5n(C5=CCCC=C5)c4c3)CC21)c1ccccc1. The number of rotatable bonds is 6. The fourth-order valence-corrected chi connectivity index (χ4v) is 9.88. The van der Waals surface area contributed by atoms with Crippen molar-refractivity contribution < 1.29 is 0 Å². The second kappa shape index (κ2) is 13.4. The molecule has 2 heterocycles. The molecule has 0 radical (unpaired) electrons. The summed E-state index contributed by atoms with van der Waals surface area (Å²) in [5.41, 5.74) is 16.9. The summed E-state index contributed by atoms with van der Waals surface area (Å²) in [7, 11) is 0. The topological polar surface area (TPSA) is 55.7 Å². The van der Waals surface area contributed by atoms with Crippen LogP contribution in [0.15, 0.2) is 161 Å². The van der Waals surface area contributed by atoms with Crippen LogP contribution in [0.5, 0.6) is 0 Å². The summed E-state index contributed by atoms with van der Waals surface area (Å²) in [5, 5.41) is 3.17. The van der Waals surface area contributed by atoms with Gasteiger partial charge in [0.1, 0.15) is 5.84 Å². The molecule has 250 valence electrons. The van der Waals surface area contributed by atoms with E-state index in [-0.39, 0.29) is 0 Å². The molecule has 1 fully saturated rings. The van der Waals surface area contributed by atoms with Crippen LogP contribution in [0.4, 0.5) is 0 Å². The standard InChI is InChI=1S/C46H40N4S/c1-30(31-14-5-2-6-15-31)48-46(49-45(47)32-16-7-3-8-17-32)39-22-13-21-38-40-28-33(25-27-43(40)51-44(38)39)34-24-26-37-36-20-11-12-23-41(36)50(42(37)29-34)35-18-9-4-10-19-35/h2-3,5-9,11-24,26,29,33,40,43H,1,4,10,25,27-28H2,(H2,47,48,49). The number of hydrogen-bond acceptors (Lipinski definition) is 2. The molecule has 0 amide bonds. The highest BCUT2D eigenvalue weighted by Crippen LogP contribution is 2.56. The molecule has 1 aliphatic heterocycles. The zero-order valence-corrected chi connectivity index (χ0v) is 29.4. The minimum atomic E-state index is 0.445. The van der Waals surface area contributed by atoms with Crippen LogP contribution in [0.2, 0.25) is 0 Å². The van der Waals surface area contributed by atoms with Crippen molar-refractivity contribution >= 4 is 56.6 Å². The summed E-state index contributed by atoms with van der Waals surface area (Å²) in [5.74, 6) is 2.00. The van der Waals surface area contributed by atoms with Gasteiger partial charge in [0.05, 0.1) is 16.7 Å². The summed E-state index contributed by atoms with van der Waals surface area (Å²) in [6.07, 6.45) is 12.7. The average Bonchev–Trinajstić information content (AvgIpc) is 3.73. The minimum Gasteiger partial charge on any atom is -0.383 e. The van der Waals surface area contributed by atoms with Crippen LogP contribution < -0.4 is 5.73 Å². The number of para-hydroxylation sites is 1. The molecule has 9 rings (SSSR count). The van der Waals surface area contributed by atoms with Crippen LogP contribution in [-0.2, 0) is 0 Å². The Balaban J connectivity index is 1.08. The second-order valence-corrected chi connectivity index (χ2v) is 15.1. The van der Waals surface area contributed by atoms with Gasteiger partial charge in [-0.2, -0.15) is 0 Å².